The number of hydrogen-bond acceptors (Lipinski definition) is 3. The fourth-order valence-corrected chi connectivity index (χ4v) is 1.86. The molecule has 0 bridgehead atoms. The standard InChI is InChI=1S/C15H24N2O2/c1-4-14(11(2)3)17-15(18)10-19-13-7-5-12(9-16)6-8-13/h5-8,11,14H,4,9-10,16H2,1-3H3,(H,17,18). The molecule has 0 spiro atoms. The summed E-state index contributed by atoms with van der Waals surface area (Å²) >= 11 is 0. The summed E-state index contributed by atoms with van der Waals surface area (Å²) in [5.41, 5.74) is 6.56. The Kier molecular flexibility index (Phi) is 6.36. The third-order valence-electron chi connectivity index (χ3n) is 3.12. The molecule has 0 aliphatic heterocycles. The smallest absolute Gasteiger partial charge is 0.258 e. The second-order valence-corrected chi connectivity index (χ2v) is 4.96. The zero-order chi connectivity index (χ0) is 14.3. The topological polar surface area (TPSA) is 64.3 Å². The summed E-state index contributed by atoms with van der Waals surface area (Å²) in [6, 6.07) is 7.66. The van der Waals surface area contributed by atoms with Gasteiger partial charge in [-0.05, 0) is 30.0 Å². The Morgan fingerprint density at radius 3 is 2.42 bits per heavy atom. The molecule has 0 saturated carbocycles. The van der Waals surface area contributed by atoms with Crippen LogP contribution in [0.5, 0.6) is 5.75 Å². The normalized spacial score (nSPS) is 12.3. The lowest BCUT2D eigenvalue weighted by Gasteiger charge is -2.20. The lowest BCUT2D eigenvalue weighted by molar-refractivity contribution is -0.124. The Hall–Kier alpha value is -1.55. The summed E-state index contributed by atoms with van der Waals surface area (Å²) in [5.74, 6) is 1.03. The zero-order valence-corrected chi connectivity index (χ0v) is 12.0. The molecule has 0 heterocycles. The van der Waals surface area contributed by atoms with Crippen LogP contribution in [0.25, 0.3) is 0 Å². The van der Waals surface area contributed by atoms with Gasteiger partial charge in [-0.3, -0.25) is 4.79 Å². The van der Waals surface area contributed by atoms with Crippen LogP contribution < -0.4 is 15.8 Å². The maximum atomic E-state index is 11.8. The van der Waals surface area contributed by atoms with Crippen LogP contribution in [0.15, 0.2) is 24.3 Å². The molecule has 4 heteroatoms. The van der Waals surface area contributed by atoms with Crippen molar-refractivity contribution >= 4 is 5.91 Å². The number of nitrogens with two attached hydrogens (primary N) is 1. The predicted molar refractivity (Wildman–Crippen MR) is 76.9 cm³/mol. The van der Waals surface area contributed by atoms with Crippen LogP contribution in [0.1, 0.15) is 32.8 Å². The molecule has 0 radical (unpaired) electrons. The van der Waals surface area contributed by atoms with Gasteiger partial charge in [0.05, 0.1) is 0 Å². The van der Waals surface area contributed by atoms with E-state index in [0.717, 1.165) is 12.0 Å². The van der Waals surface area contributed by atoms with Gasteiger partial charge in [-0.1, -0.05) is 32.9 Å². The SMILES string of the molecule is CCC(NC(=O)COc1ccc(CN)cc1)C(C)C. The maximum Gasteiger partial charge on any atom is 0.258 e. The lowest BCUT2D eigenvalue weighted by Crippen LogP contribution is -2.40. The van der Waals surface area contributed by atoms with Crippen LogP contribution in [0, 0.1) is 5.92 Å². The maximum absolute atomic E-state index is 11.8. The van der Waals surface area contributed by atoms with E-state index >= 15 is 0 Å². The van der Waals surface area contributed by atoms with Crippen LogP contribution in [0.4, 0.5) is 0 Å². The molecule has 4 nitrogen and oxygen atoms in total. The van der Waals surface area contributed by atoms with Gasteiger partial charge in [0.2, 0.25) is 0 Å². The Labute approximate surface area is 115 Å². The van der Waals surface area contributed by atoms with Crippen LogP contribution in [0.3, 0.4) is 0 Å². The molecule has 0 fully saturated rings. The monoisotopic (exact) mass is 264 g/mol. The second kappa shape index (κ2) is 7.79. The van der Waals surface area contributed by atoms with Crippen molar-refractivity contribution < 1.29 is 9.53 Å². The largest absolute Gasteiger partial charge is 0.484 e. The Bertz CT molecular complexity index is 388. The van der Waals surface area contributed by atoms with Gasteiger partial charge in [-0.2, -0.15) is 0 Å². The molecule has 19 heavy (non-hydrogen) atoms. The molecule has 0 aromatic heterocycles. The number of nitrogens with one attached hydrogen (secondary N) is 1. The number of amides is 1. The summed E-state index contributed by atoms with van der Waals surface area (Å²) in [5, 5.41) is 2.97. The fraction of sp³-hybridized carbons (Fsp3) is 0.533. The fourth-order valence-electron chi connectivity index (χ4n) is 1.86. The highest BCUT2D eigenvalue weighted by Gasteiger charge is 2.14. The van der Waals surface area contributed by atoms with Crippen molar-refractivity contribution in [2.24, 2.45) is 11.7 Å². The molecular weight excluding hydrogens is 240 g/mol. The van der Waals surface area contributed by atoms with E-state index in [9.17, 15) is 4.79 Å². The van der Waals surface area contributed by atoms with Crippen molar-refractivity contribution in [3.63, 3.8) is 0 Å². The van der Waals surface area contributed by atoms with Crippen LogP contribution in [-0.2, 0) is 11.3 Å². The van der Waals surface area contributed by atoms with E-state index in [1.54, 1.807) is 0 Å². The molecule has 1 atom stereocenters. The van der Waals surface area contributed by atoms with E-state index < -0.39 is 0 Å². The second-order valence-electron chi connectivity index (χ2n) is 4.96. The van der Waals surface area contributed by atoms with Crippen molar-refractivity contribution in [2.45, 2.75) is 39.8 Å². The number of carbonyl (C=O) groups is 1. The highest BCUT2D eigenvalue weighted by Crippen LogP contribution is 2.11. The Morgan fingerprint density at radius 2 is 1.95 bits per heavy atom. The Balaban J connectivity index is 2.40. The van der Waals surface area contributed by atoms with E-state index in [2.05, 4.69) is 26.1 Å². The molecule has 0 aliphatic rings. The van der Waals surface area contributed by atoms with Gasteiger partial charge in [0.15, 0.2) is 6.61 Å². The summed E-state index contributed by atoms with van der Waals surface area (Å²) in [7, 11) is 0. The highest BCUT2D eigenvalue weighted by molar-refractivity contribution is 5.77. The van der Waals surface area contributed by atoms with Crippen LogP contribution in [0.2, 0.25) is 0 Å². The number of benzene rings is 1. The third-order valence-corrected chi connectivity index (χ3v) is 3.12. The summed E-state index contributed by atoms with van der Waals surface area (Å²) in [6.07, 6.45) is 0.925. The van der Waals surface area contributed by atoms with Gasteiger partial charge < -0.3 is 15.8 Å². The van der Waals surface area contributed by atoms with Gasteiger partial charge >= 0.3 is 0 Å². The molecule has 1 amide bonds. The first-order valence-corrected chi connectivity index (χ1v) is 6.78. The van der Waals surface area contributed by atoms with E-state index in [1.807, 2.05) is 24.3 Å². The van der Waals surface area contributed by atoms with Gasteiger partial charge in [0, 0.05) is 12.6 Å². The summed E-state index contributed by atoms with van der Waals surface area (Å²) in [4.78, 5) is 11.8. The quantitative estimate of drug-likeness (QED) is 0.792. The molecule has 1 unspecified atom stereocenters. The molecule has 1 rings (SSSR count). The van der Waals surface area contributed by atoms with Crippen molar-refractivity contribution in [3.8, 4) is 5.75 Å². The minimum absolute atomic E-state index is 0.0468. The first kappa shape index (κ1) is 15.5. The molecule has 1 aromatic rings. The molecule has 0 saturated heterocycles. The number of rotatable bonds is 7. The van der Waals surface area contributed by atoms with Gasteiger partial charge in [0.25, 0.3) is 5.91 Å². The van der Waals surface area contributed by atoms with Crippen LogP contribution in [-0.4, -0.2) is 18.6 Å². The molecule has 0 aliphatic carbocycles. The van der Waals surface area contributed by atoms with Crippen molar-refractivity contribution in [1.82, 2.24) is 5.32 Å². The minimum atomic E-state index is -0.0801. The molecule has 1 aromatic carbocycles. The van der Waals surface area contributed by atoms with Gasteiger partial charge in [-0.15, -0.1) is 0 Å². The van der Waals surface area contributed by atoms with Gasteiger partial charge in [0.1, 0.15) is 5.75 Å². The average molecular weight is 264 g/mol. The lowest BCUT2D eigenvalue weighted by atomic mass is 10.0. The molecular formula is C15H24N2O2. The predicted octanol–water partition coefficient (Wildman–Crippen LogP) is 2.07. The minimum Gasteiger partial charge on any atom is -0.484 e. The number of ether oxygens (including phenoxy) is 1. The summed E-state index contributed by atoms with van der Waals surface area (Å²) in [6.45, 7) is 6.82. The average Bonchev–Trinajstić information content (AvgIpc) is 2.42. The van der Waals surface area contributed by atoms with Crippen molar-refractivity contribution in [3.05, 3.63) is 29.8 Å². The number of hydrogen-bond donors (Lipinski definition) is 2. The van der Waals surface area contributed by atoms with Crippen molar-refractivity contribution in [2.75, 3.05) is 6.61 Å². The highest BCUT2D eigenvalue weighted by atomic mass is 16.5. The first-order valence-electron chi connectivity index (χ1n) is 6.78. The number of carbonyl (C=O) groups excluding carboxylic acids is 1. The van der Waals surface area contributed by atoms with E-state index in [-0.39, 0.29) is 18.6 Å². The van der Waals surface area contributed by atoms with E-state index in [1.165, 1.54) is 0 Å². The van der Waals surface area contributed by atoms with E-state index in [0.29, 0.717) is 18.2 Å². The summed E-state index contributed by atoms with van der Waals surface area (Å²) < 4.78 is 5.44. The van der Waals surface area contributed by atoms with Crippen LogP contribution >= 0.6 is 0 Å². The molecule has 106 valence electrons. The first-order chi connectivity index (χ1) is 9.06. The third kappa shape index (κ3) is 5.30. The van der Waals surface area contributed by atoms with Crippen molar-refractivity contribution in [1.29, 1.82) is 0 Å². The Morgan fingerprint density at radius 1 is 1.32 bits per heavy atom. The van der Waals surface area contributed by atoms with E-state index in [4.69, 9.17) is 10.5 Å². The zero-order valence-electron chi connectivity index (χ0n) is 12.0. The molecule has 3 N–H and O–H groups in total. The van der Waals surface area contributed by atoms with Gasteiger partial charge in [-0.25, -0.2) is 0 Å².